The lowest BCUT2D eigenvalue weighted by Crippen LogP contribution is -2.46. The molecular formula is C15H15BrN2O2. The first-order valence-corrected chi connectivity index (χ1v) is 7.30. The third-order valence-electron chi connectivity index (χ3n) is 3.14. The molecule has 1 unspecified atom stereocenters. The number of pyridine rings is 1. The average Bonchev–Trinajstić information content (AvgIpc) is 2.48. The third kappa shape index (κ3) is 2.99. The van der Waals surface area contributed by atoms with E-state index >= 15 is 0 Å². The van der Waals surface area contributed by atoms with Gasteiger partial charge in [-0.15, -0.1) is 0 Å². The molecule has 1 amide bonds. The smallest absolute Gasteiger partial charge is 0.257 e. The van der Waals surface area contributed by atoms with Gasteiger partial charge in [0.1, 0.15) is 5.56 Å². The van der Waals surface area contributed by atoms with E-state index < -0.39 is 11.4 Å². The zero-order valence-corrected chi connectivity index (χ0v) is 12.6. The highest BCUT2D eigenvalue weighted by Crippen LogP contribution is 2.23. The highest BCUT2D eigenvalue weighted by atomic mass is 79.9. The standard InChI is InChI=1S/C15H15BrN2O2/c1-15(10-16,11-5-3-2-4-6-11)18-14(20)12-9-17-8-7-13(12)19/h2-9H,10H2,1H3,(H,17,19)(H,18,20). The van der Waals surface area contributed by atoms with E-state index in [0.717, 1.165) is 5.56 Å². The number of nitrogens with one attached hydrogen (secondary N) is 2. The van der Waals surface area contributed by atoms with Crippen LogP contribution in [0.1, 0.15) is 22.8 Å². The first-order valence-electron chi connectivity index (χ1n) is 6.18. The second kappa shape index (κ2) is 6.05. The summed E-state index contributed by atoms with van der Waals surface area (Å²) >= 11 is 3.43. The molecule has 2 rings (SSSR count). The summed E-state index contributed by atoms with van der Waals surface area (Å²) in [5.41, 5.74) is 0.195. The van der Waals surface area contributed by atoms with Gasteiger partial charge in [-0.25, -0.2) is 0 Å². The van der Waals surface area contributed by atoms with Crippen LogP contribution in [0.15, 0.2) is 53.6 Å². The Morgan fingerprint density at radius 1 is 1.30 bits per heavy atom. The van der Waals surface area contributed by atoms with E-state index in [1.165, 1.54) is 18.5 Å². The normalized spacial score (nSPS) is 13.5. The van der Waals surface area contributed by atoms with E-state index in [4.69, 9.17) is 0 Å². The predicted octanol–water partition coefficient (Wildman–Crippen LogP) is 2.42. The highest BCUT2D eigenvalue weighted by Gasteiger charge is 2.28. The van der Waals surface area contributed by atoms with Gasteiger partial charge < -0.3 is 10.3 Å². The maximum Gasteiger partial charge on any atom is 0.257 e. The number of aromatic amines is 1. The Labute approximate surface area is 125 Å². The number of carbonyl (C=O) groups is 1. The zero-order valence-electron chi connectivity index (χ0n) is 11.0. The van der Waals surface area contributed by atoms with Crippen molar-refractivity contribution in [1.29, 1.82) is 0 Å². The van der Waals surface area contributed by atoms with Crippen LogP contribution in [0.25, 0.3) is 0 Å². The molecule has 4 nitrogen and oxygen atoms in total. The first-order chi connectivity index (χ1) is 9.57. The van der Waals surface area contributed by atoms with Gasteiger partial charge in [0.05, 0.1) is 5.54 Å². The fourth-order valence-corrected chi connectivity index (χ4v) is 2.36. The molecule has 2 aromatic rings. The predicted molar refractivity (Wildman–Crippen MR) is 82.1 cm³/mol. The molecule has 0 aliphatic rings. The van der Waals surface area contributed by atoms with Gasteiger partial charge in [0.15, 0.2) is 5.43 Å². The van der Waals surface area contributed by atoms with Crippen molar-refractivity contribution < 1.29 is 4.79 Å². The summed E-state index contributed by atoms with van der Waals surface area (Å²) in [7, 11) is 0. The summed E-state index contributed by atoms with van der Waals surface area (Å²) < 4.78 is 0. The zero-order chi connectivity index (χ0) is 14.6. The summed E-state index contributed by atoms with van der Waals surface area (Å²) in [6.07, 6.45) is 2.91. The number of aromatic nitrogens is 1. The third-order valence-corrected chi connectivity index (χ3v) is 4.26. The molecule has 2 N–H and O–H groups in total. The minimum atomic E-state index is -0.583. The number of carbonyl (C=O) groups excluding carboxylic acids is 1. The van der Waals surface area contributed by atoms with Gasteiger partial charge in [-0.2, -0.15) is 0 Å². The Bertz CT molecular complexity index is 654. The number of benzene rings is 1. The number of halogens is 1. The van der Waals surface area contributed by atoms with Crippen LogP contribution in [0.2, 0.25) is 0 Å². The average molecular weight is 335 g/mol. The molecule has 0 fully saturated rings. The van der Waals surface area contributed by atoms with Crippen molar-refractivity contribution in [3.8, 4) is 0 Å². The maximum atomic E-state index is 12.3. The molecule has 104 valence electrons. The lowest BCUT2D eigenvalue weighted by molar-refractivity contribution is 0.0912. The van der Waals surface area contributed by atoms with Crippen molar-refractivity contribution in [3.63, 3.8) is 0 Å². The lowest BCUT2D eigenvalue weighted by Gasteiger charge is -2.29. The SMILES string of the molecule is CC(CBr)(NC(=O)c1c[nH]ccc1=O)c1ccccc1. The van der Waals surface area contributed by atoms with Crippen molar-refractivity contribution in [3.05, 3.63) is 70.1 Å². The number of H-pyrrole nitrogens is 1. The van der Waals surface area contributed by atoms with E-state index in [-0.39, 0.29) is 11.0 Å². The lowest BCUT2D eigenvalue weighted by atomic mass is 9.94. The molecular weight excluding hydrogens is 320 g/mol. The summed E-state index contributed by atoms with van der Waals surface area (Å²) in [6, 6.07) is 11.0. The summed E-state index contributed by atoms with van der Waals surface area (Å²) in [5, 5.41) is 3.45. The van der Waals surface area contributed by atoms with Crippen LogP contribution in [0.5, 0.6) is 0 Å². The Balaban J connectivity index is 2.29. The van der Waals surface area contributed by atoms with Crippen LogP contribution in [-0.4, -0.2) is 16.2 Å². The summed E-state index contributed by atoms with van der Waals surface area (Å²) in [5.74, 6) is -0.391. The van der Waals surface area contributed by atoms with Gasteiger partial charge in [-0.05, 0) is 12.5 Å². The van der Waals surface area contributed by atoms with E-state index in [1.807, 2.05) is 37.3 Å². The topological polar surface area (TPSA) is 62.0 Å². The van der Waals surface area contributed by atoms with Crippen molar-refractivity contribution in [2.75, 3.05) is 5.33 Å². The highest BCUT2D eigenvalue weighted by molar-refractivity contribution is 9.09. The number of rotatable bonds is 4. The molecule has 20 heavy (non-hydrogen) atoms. The molecule has 0 radical (unpaired) electrons. The Morgan fingerprint density at radius 2 is 2.00 bits per heavy atom. The fourth-order valence-electron chi connectivity index (χ4n) is 1.90. The van der Waals surface area contributed by atoms with Crippen molar-refractivity contribution in [2.45, 2.75) is 12.5 Å². The fraction of sp³-hybridized carbons (Fsp3) is 0.200. The molecule has 1 heterocycles. The number of alkyl halides is 1. The van der Waals surface area contributed by atoms with Crippen molar-refractivity contribution in [2.24, 2.45) is 0 Å². The van der Waals surface area contributed by atoms with Gasteiger partial charge >= 0.3 is 0 Å². The molecule has 0 aliphatic carbocycles. The van der Waals surface area contributed by atoms with Crippen LogP contribution in [-0.2, 0) is 5.54 Å². The van der Waals surface area contributed by atoms with Crippen molar-refractivity contribution in [1.82, 2.24) is 10.3 Å². The van der Waals surface area contributed by atoms with Crippen LogP contribution in [0, 0.1) is 0 Å². The van der Waals surface area contributed by atoms with E-state index in [1.54, 1.807) is 0 Å². The van der Waals surface area contributed by atoms with Gasteiger partial charge in [0.25, 0.3) is 5.91 Å². The molecule has 1 aromatic carbocycles. The molecule has 1 atom stereocenters. The molecule has 1 aromatic heterocycles. The number of hydrogen-bond donors (Lipinski definition) is 2. The Morgan fingerprint density at radius 3 is 2.60 bits per heavy atom. The monoisotopic (exact) mass is 334 g/mol. The number of hydrogen-bond acceptors (Lipinski definition) is 2. The Kier molecular flexibility index (Phi) is 4.39. The van der Waals surface area contributed by atoms with Crippen LogP contribution < -0.4 is 10.7 Å². The molecule has 0 saturated carbocycles. The van der Waals surface area contributed by atoms with Crippen LogP contribution >= 0.6 is 15.9 Å². The molecule has 0 aliphatic heterocycles. The van der Waals surface area contributed by atoms with E-state index in [9.17, 15) is 9.59 Å². The van der Waals surface area contributed by atoms with Gasteiger partial charge in [0.2, 0.25) is 0 Å². The van der Waals surface area contributed by atoms with E-state index in [2.05, 4.69) is 26.2 Å². The molecule has 0 spiro atoms. The molecule has 0 bridgehead atoms. The van der Waals surface area contributed by atoms with Crippen molar-refractivity contribution >= 4 is 21.8 Å². The van der Waals surface area contributed by atoms with Crippen LogP contribution in [0.4, 0.5) is 0 Å². The first kappa shape index (κ1) is 14.5. The summed E-state index contributed by atoms with van der Waals surface area (Å²) in [4.78, 5) is 26.7. The van der Waals surface area contributed by atoms with E-state index in [0.29, 0.717) is 5.33 Å². The maximum absolute atomic E-state index is 12.3. The van der Waals surface area contributed by atoms with Crippen LogP contribution in [0.3, 0.4) is 0 Å². The molecule has 0 saturated heterocycles. The molecule has 5 heteroatoms. The second-order valence-electron chi connectivity index (χ2n) is 4.71. The largest absolute Gasteiger partial charge is 0.367 e. The minimum Gasteiger partial charge on any atom is -0.367 e. The minimum absolute atomic E-state index is 0.107. The quantitative estimate of drug-likeness (QED) is 0.843. The van der Waals surface area contributed by atoms with Gasteiger partial charge in [0, 0.05) is 23.8 Å². The van der Waals surface area contributed by atoms with Gasteiger partial charge in [-0.3, -0.25) is 9.59 Å². The Hall–Kier alpha value is -1.88. The number of amides is 1. The van der Waals surface area contributed by atoms with Gasteiger partial charge in [-0.1, -0.05) is 46.3 Å². The second-order valence-corrected chi connectivity index (χ2v) is 5.27. The summed E-state index contributed by atoms with van der Waals surface area (Å²) in [6.45, 7) is 1.91.